The lowest BCUT2D eigenvalue weighted by Crippen LogP contribution is -2.45. The molecule has 0 aliphatic heterocycles. The van der Waals surface area contributed by atoms with Crippen LogP contribution in [0, 0.1) is 11.8 Å². The molecule has 1 aromatic carbocycles. The molecule has 3 nitrogen and oxygen atoms in total. The molecule has 0 amide bonds. The molecule has 3 heteroatoms. The van der Waals surface area contributed by atoms with Crippen molar-refractivity contribution >= 4 is 5.97 Å². The molecule has 1 aromatic rings. The zero-order valence-corrected chi connectivity index (χ0v) is 12.2. The summed E-state index contributed by atoms with van der Waals surface area (Å²) in [6.07, 6.45) is 0.440. The van der Waals surface area contributed by atoms with E-state index < -0.39 is 11.5 Å². The molecule has 106 valence electrons. The molecule has 0 saturated carbocycles. The number of ether oxygens (including phenoxy) is 1. The fraction of sp³-hybridized carbons (Fsp3) is 0.562. The Morgan fingerprint density at radius 1 is 1.32 bits per heavy atom. The van der Waals surface area contributed by atoms with Gasteiger partial charge in [-0.25, -0.2) is 0 Å². The van der Waals surface area contributed by atoms with Crippen LogP contribution >= 0.6 is 0 Å². The molecule has 0 spiro atoms. The molecule has 2 unspecified atom stereocenters. The molecule has 0 aromatic heterocycles. The largest absolute Gasteiger partial charge is 0.466 e. The molecule has 0 bridgehead atoms. The van der Waals surface area contributed by atoms with Crippen LogP contribution in [0.5, 0.6) is 0 Å². The summed E-state index contributed by atoms with van der Waals surface area (Å²) in [5.41, 5.74) is -0.0932. The highest BCUT2D eigenvalue weighted by Gasteiger charge is 2.40. The van der Waals surface area contributed by atoms with Gasteiger partial charge in [-0.05, 0) is 25.3 Å². The van der Waals surface area contributed by atoms with Crippen molar-refractivity contribution in [3.8, 4) is 0 Å². The Morgan fingerprint density at radius 3 is 2.37 bits per heavy atom. The lowest BCUT2D eigenvalue weighted by Gasteiger charge is -2.34. The maximum atomic E-state index is 12.0. The minimum atomic E-state index is -1.11. The molecule has 0 aliphatic carbocycles. The Bertz CT molecular complexity index is 396. The SMILES string of the molecule is CCOC(=O)C(C(C)C)C(C)(O)Cc1ccccc1. The molecular formula is C16H24O3. The van der Waals surface area contributed by atoms with Crippen molar-refractivity contribution in [3.05, 3.63) is 35.9 Å². The first kappa shape index (κ1) is 15.7. The van der Waals surface area contributed by atoms with Crippen LogP contribution in [0.3, 0.4) is 0 Å². The summed E-state index contributed by atoms with van der Waals surface area (Å²) in [5, 5.41) is 10.7. The highest BCUT2D eigenvalue weighted by Crippen LogP contribution is 2.29. The van der Waals surface area contributed by atoms with Crippen LogP contribution in [0.2, 0.25) is 0 Å². The van der Waals surface area contributed by atoms with Crippen molar-refractivity contribution < 1.29 is 14.6 Å². The maximum Gasteiger partial charge on any atom is 0.312 e. The lowest BCUT2D eigenvalue weighted by molar-refractivity contribution is -0.160. The molecule has 19 heavy (non-hydrogen) atoms. The van der Waals surface area contributed by atoms with Gasteiger partial charge in [0.25, 0.3) is 0 Å². The number of carbonyl (C=O) groups is 1. The second-order valence-corrected chi connectivity index (χ2v) is 5.49. The average Bonchev–Trinajstić information content (AvgIpc) is 2.28. The third-order valence-corrected chi connectivity index (χ3v) is 3.28. The summed E-state index contributed by atoms with van der Waals surface area (Å²) in [6, 6.07) is 9.71. The molecule has 1 rings (SSSR count). The minimum absolute atomic E-state index is 0.0257. The zero-order valence-electron chi connectivity index (χ0n) is 12.2. The van der Waals surface area contributed by atoms with E-state index in [-0.39, 0.29) is 11.9 Å². The Balaban J connectivity index is 2.90. The quantitative estimate of drug-likeness (QED) is 0.804. The predicted molar refractivity (Wildman–Crippen MR) is 75.7 cm³/mol. The number of hydrogen-bond acceptors (Lipinski definition) is 3. The average molecular weight is 264 g/mol. The van der Waals surface area contributed by atoms with Gasteiger partial charge in [-0.3, -0.25) is 4.79 Å². The summed E-state index contributed by atoms with van der Waals surface area (Å²) in [7, 11) is 0. The first-order valence-electron chi connectivity index (χ1n) is 6.81. The van der Waals surface area contributed by atoms with E-state index in [2.05, 4.69) is 0 Å². The number of benzene rings is 1. The second kappa shape index (κ2) is 6.71. The molecule has 2 atom stereocenters. The first-order chi connectivity index (χ1) is 8.88. The predicted octanol–water partition coefficient (Wildman–Crippen LogP) is 2.82. The van der Waals surface area contributed by atoms with Crippen LogP contribution in [0.15, 0.2) is 30.3 Å². The van der Waals surface area contributed by atoms with Crippen LogP contribution in [-0.2, 0) is 16.0 Å². The van der Waals surface area contributed by atoms with Gasteiger partial charge in [0.05, 0.1) is 18.1 Å². The highest BCUT2D eigenvalue weighted by atomic mass is 16.5. The van der Waals surface area contributed by atoms with Gasteiger partial charge in [0.1, 0.15) is 0 Å². The van der Waals surface area contributed by atoms with Crippen molar-refractivity contribution in [1.82, 2.24) is 0 Å². The van der Waals surface area contributed by atoms with Crippen molar-refractivity contribution in [2.24, 2.45) is 11.8 Å². The summed E-state index contributed by atoms with van der Waals surface area (Å²) in [4.78, 5) is 12.0. The van der Waals surface area contributed by atoms with Crippen molar-refractivity contribution in [1.29, 1.82) is 0 Å². The van der Waals surface area contributed by atoms with Gasteiger partial charge < -0.3 is 9.84 Å². The van der Waals surface area contributed by atoms with E-state index in [0.29, 0.717) is 13.0 Å². The van der Waals surface area contributed by atoms with E-state index in [0.717, 1.165) is 5.56 Å². The van der Waals surface area contributed by atoms with Gasteiger partial charge in [0.2, 0.25) is 0 Å². The van der Waals surface area contributed by atoms with Gasteiger partial charge in [0, 0.05) is 6.42 Å². The Labute approximate surface area is 115 Å². The van der Waals surface area contributed by atoms with E-state index in [1.807, 2.05) is 44.2 Å². The summed E-state index contributed by atoms with van der Waals surface area (Å²) in [6.45, 7) is 7.69. The number of hydrogen-bond donors (Lipinski definition) is 1. The molecule has 0 radical (unpaired) electrons. The van der Waals surface area contributed by atoms with E-state index in [9.17, 15) is 9.90 Å². The smallest absolute Gasteiger partial charge is 0.312 e. The fourth-order valence-electron chi connectivity index (χ4n) is 2.60. The van der Waals surface area contributed by atoms with Crippen LogP contribution in [0.1, 0.15) is 33.3 Å². The normalized spacial score (nSPS) is 15.9. The van der Waals surface area contributed by atoms with E-state index in [4.69, 9.17) is 4.74 Å². The van der Waals surface area contributed by atoms with Gasteiger partial charge in [-0.15, -0.1) is 0 Å². The van der Waals surface area contributed by atoms with Crippen molar-refractivity contribution in [2.75, 3.05) is 6.61 Å². The second-order valence-electron chi connectivity index (χ2n) is 5.49. The number of rotatable bonds is 6. The van der Waals surface area contributed by atoms with Gasteiger partial charge in [-0.1, -0.05) is 44.2 Å². The molecule has 0 heterocycles. The third kappa shape index (κ3) is 4.35. The highest BCUT2D eigenvalue weighted by molar-refractivity contribution is 5.74. The van der Waals surface area contributed by atoms with Crippen LogP contribution in [0.25, 0.3) is 0 Å². The maximum absolute atomic E-state index is 12.0. The van der Waals surface area contributed by atoms with Gasteiger partial charge in [0.15, 0.2) is 0 Å². The summed E-state index contributed by atoms with van der Waals surface area (Å²) in [5.74, 6) is -0.816. The number of esters is 1. The zero-order chi connectivity index (χ0) is 14.5. The van der Waals surface area contributed by atoms with E-state index >= 15 is 0 Å². The summed E-state index contributed by atoms with van der Waals surface area (Å²) < 4.78 is 5.09. The van der Waals surface area contributed by atoms with Crippen molar-refractivity contribution in [2.45, 2.75) is 39.7 Å². The molecular weight excluding hydrogens is 240 g/mol. The molecule has 1 N–H and O–H groups in total. The monoisotopic (exact) mass is 264 g/mol. The number of carbonyl (C=O) groups excluding carboxylic acids is 1. The first-order valence-corrected chi connectivity index (χ1v) is 6.81. The standard InChI is InChI=1S/C16H24O3/c1-5-19-15(17)14(12(2)3)16(4,18)11-13-9-7-6-8-10-13/h6-10,12,14,18H,5,11H2,1-4H3. The Kier molecular flexibility index (Phi) is 5.55. The van der Waals surface area contributed by atoms with Crippen LogP contribution < -0.4 is 0 Å². The molecule has 0 fully saturated rings. The van der Waals surface area contributed by atoms with Crippen molar-refractivity contribution in [3.63, 3.8) is 0 Å². The summed E-state index contributed by atoms with van der Waals surface area (Å²) >= 11 is 0. The Hall–Kier alpha value is -1.35. The van der Waals surface area contributed by atoms with E-state index in [1.54, 1.807) is 13.8 Å². The lowest BCUT2D eigenvalue weighted by atomic mass is 9.77. The van der Waals surface area contributed by atoms with Crippen LogP contribution in [0.4, 0.5) is 0 Å². The van der Waals surface area contributed by atoms with E-state index in [1.165, 1.54) is 0 Å². The topological polar surface area (TPSA) is 46.5 Å². The van der Waals surface area contributed by atoms with Gasteiger partial charge >= 0.3 is 5.97 Å². The third-order valence-electron chi connectivity index (χ3n) is 3.28. The van der Waals surface area contributed by atoms with Crippen LogP contribution in [-0.4, -0.2) is 23.3 Å². The fourth-order valence-corrected chi connectivity index (χ4v) is 2.60. The molecule has 0 saturated heterocycles. The molecule has 0 aliphatic rings. The Morgan fingerprint density at radius 2 is 1.89 bits per heavy atom. The minimum Gasteiger partial charge on any atom is -0.466 e. The van der Waals surface area contributed by atoms with Gasteiger partial charge in [-0.2, -0.15) is 0 Å². The number of aliphatic hydroxyl groups is 1.